The molecule has 0 heterocycles. The quantitative estimate of drug-likeness (QED) is 0.0941. The Bertz CT molecular complexity index is 688. The van der Waals surface area contributed by atoms with Crippen molar-refractivity contribution < 1.29 is 47.4 Å². The first-order valence-electron chi connectivity index (χ1n) is 13.9. The molecule has 226 valence electrons. The van der Waals surface area contributed by atoms with Crippen molar-refractivity contribution >= 4 is 6.47 Å². The number of carbonyl (C=O) groups is 1. The first kappa shape index (κ1) is 35.2. The van der Waals surface area contributed by atoms with E-state index in [1.54, 1.807) is 0 Å². The highest BCUT2D eigenvalue weighted by molar-refractivity contribution is 5.36. The zero-order valence-electron chi connectivity index (χ0n) is 24.6. The van der Waals surface area contributed by atoms with Crippen molar-refractivity contribution in [2.75, 3.05) is 59.6 Å². The SMILES string of the molecule is CCC(OCCOc1ccccc1)C(OCCOC(C)C)C(OCCOC(C)C)C(C)OCCOCOC=O. The number of hydrogen-bond acceptors (Lipinski definition) is 10. The maximum Gasteiger partial charge on any atom is 0.295 e. The fourth-order valence-corrected chi connectivity index (χ4v) is 3.69. The smallest absolute Gasteiger partial charge is 0.295 e. The van der Waals surface area contributed by atoms with Crippen molar-refractivity contribution in [3.05, 3.63) is 30.3 Å². The van der Waals surface area contributed by atoms with Gasteiger partial charge in [-0.25, -0.2) is 0 Å². The predicted molar refractivity (Wildman–Crippen MR) is 147 cm³/mol. The maximum atomic E-state index is 10.3. The van der Waals surface area contributed by atoms with E-state index in [1.165, 1.54) is 0 Å². The number of hydrogen-bond donors (Lipinski definition) is 0. The molecule has 1 aromatic rings. The Hall–Kier alpha value is -1.79. The summed E-state index contributed by atoms with van der Waals surface area (Å²) in [5.41, 5.74) is 0. The zero-order chi connectivity index (χ0) is 28.7. The molecule has 0 aromatic heterocycles. The van der Waals surface area contributed by atoms with Crippen LogP contribution in [0.4, 0.5) is 0 Å². The molecular formula is C29H50O10. The highest BCUT2D eigenvalue weighted by atomic mass is 16.7. The molecule has 39 heavy (non-hydrogen) atoms. The molecule has 0 bridgehead atoms. The van der Waals surface area contributed by atoms with E-state index < -0.39 is 12.2 Å². The van der Waals surface area contributed by atoms with Gasteiger partial charge in [0.2, 0.25) is 0 Å². The average molecular weight is 559 g/mol. The molecule has 10 nitrogen and oxygen atoms in total. The Morgan fingerprint density at radius 2 is 1.23 bits per heavy atom. The molecular weight excluding hydrogens is 508 g/mol. The van der Waals surface area contributed by atoms with Crippen LogP contribution in [-0.2, 0) is 42.7 Å². The molecule has 0 aliphatic carbocycles. The van der Waals surface area contributed by atoms with E-state index in [9.17, 15) is 4.79 Å². The number of benzene rings is 1. The zero-order valence-corrected chi connectivity index (χ0v) is 24.6. The van der Waals surface area contributed by atoms with Crippen LogP contribution in [0.5, 0.6) is 5.75 Å². The molecule has 0 aliphatic heterocycles. The molecule has 0 saturated carbocycles. The Balaban J connectivity index is 2.87. The van der Waals surface area contributed by atoms with Gasteiger partial charge in [-0.3, -0.25) is 4.79 Å². The maximum absolute atomic E-state index is 10.3. The van der Waals surface area contributed by atoms with Crippen molar-refractivity contribution in [3.8, 4) is 5.75 Å². The summed E-state index contributed by atoms with van der Waals surface area (Å²) in [6, 6.07) is 9.63. The van der Waals surface area contributed by atoms with Crippen molar-refractivity contribution in [1.29, 1.82) is 0 Å². The monoisotopic (exact) mass is 558 g/mol. The molecule has 1 rings (SSSR count). The van der Waals surface area contributed by atoms with Gasteiger partial charge in [0.25, 0.3) is 6.47 Å². The van der Waals surface area contributed by atoms with Crippen molar-refractivity contribution in [1.82, 2.24) is 0 Å². The summed E-state index contributed by atoms with van der Waals surface area (Å²) in [6.45, 7) is 15.1. The van der Waals surface area contributed by atoms with Gasteiger partial charge >= 0.3 is 0 Å². The summed E-state index contributed by atoms with van der Waals surface area (Å²) in [6.07, 6.45) is -0.616. The Labute approximate surface area is 234 Å². The van der Waals surface area contributed by atoms with E-state index in [0.29, 0.717) is 52.5 Å². The van der Waals surface area contributed by atoms with Crippen LogP contribution in [0.2, 0.25) is 0 Å². The van der Waals surface area contributed by atoms with Gasteiger partial charge in [-0.2, -0.15) is 0 Å². The van der Waals surface area contributed by atoms with Crippen LogP contribution in [0.1, 0.15) is 48.0 Å². The van der Waals surface area contributed by atoms with Gasteiger partial charge in [0.05, 0.1) is 70.7 Å². The van der Waals surface area contributed by atoms with Gasteiger partial charge in [0.15, 0.2) is 6.79 Å². The number of carbonyl (C=O) groups excluding carboxylic acids is 1. The van der Waals surface area contributed by atoms with Crippen LogP contribution in [0, 0.1) is 0 Å². The molecule has 4 unspecified atom stereocenters. The standard InChI is InChI=1S/C29H50O10/c1-7-27(37-18-17-36-26-11-9-8-10-12-26)29(39-20-16-34-24(4)5)28(38-19-15-33-23(2)3)25(6)35-14-13-31-22-32-21-30/h8-12,21,23-25,27-29H,7,13-20,22H2,1-6H3. The Morgan fingerprint density at radius 3 is 1.82 bits per heavy atom. The van der Waals surface area contributed by atoms with Gasteiger partial charge in [-0.05, 0) is 53.2 Å². The van der Waals surface area contributed by atoms with E-state index in [0.717, 1.165) is 5.75 Å². The minimum atomic E-state index is -0.453. The van der Waals surface area contributed by atoms with Crippen LogP contribution in [0.3, 0.4) is 0 Å². The number of para-hydroxylation sites is 1. The van der Waals surface area contributed by atoms with Gasteiger partial charge in [-0.1, -0.05) is 25.1 Å². The Morgan fingerprint density at radius 1 is 0.667 bits per heavy atom. The van der Waals surface area contributed by atoms with E-state index in [2.05, 4.69) is 11.7 Å². The highest BCUT2D eigenvalue weighted by Crippen LogP contribution is 2.21. The van der Waals surface area contributed by atoms with Gasteiger partial charge in [-0.15, -0.1) is 0 Å². The molecule has 4 atom stereocenters. The highest BCUT2D eigenvalue weighted by Gasteiger charge is 2.35. The lowest BCUT2D eigenvalue weighted by Gasteiger charge is -2.36. The summed E-state index contributed by atoms with van der Waals surface area (Å²) in [4.78, 5) is 10.3. The first-order chi connectivity index (χ1) is 18.9. The van der Waals surface area contributed by atoms with Crippen LogP contribution in [0.25, 0.3) is 0 Å². The second-order valence-electron chi connectivity index (χ2n) is 9.35. The molecule has 10 heteroatoms. The van der Waals surface area contributed by atoms with Crippen LogP contribution in [-0.4, -0.2) is 103 Å². The molecule has 0 spiro atoms. The molecule has 0 radical (unpaired) electrons. The summed E-state index contributed by atoms with van der Waals surface area (Å²) in [5.74, 6) is 0.793. The third-order valence-corrected chi connectivity index (χ3v) is 5.50. The summed E-state index contributed by atoms with van der Waals surface area (Å²) >= 11 is 0. The van der Waals surface area contributed by atoms with Gasteiger partial charge < -0.3 is 42.6 Å². The lowest BCUT2D eigenvalue weighted by Crippen LogP contribution is -2.49. The first-order valence-corrected chi connectivity index (χ1v) is 13.9. The summed E-state index contributed by atoms with van der Waals surface area (Å²) in [5, 5.41) is 0. The minimum absolute atomic E-state index is 0.100. The number of ether oxygens (including phenoxy) is 9. The molecule has 0 aliphatic rings. The summed E-state index contributed by atoms with van der Waals surface area (Å²) in [7, 11) is 0. The van der Waals surface area contributed by atoms with Crippen molar-refractivity contribution in [2.24, 2.45) is 0 Å². The van der Waals surface area contributed by atoms with Gasteiger partial charge in [0.1, 0.15) is 24.6 Å². The van der Waals surface area contributed by atoms with Crippen LogP contribution in [0.15, 0.2) is 30.3 Å². The third-order valence-electron chi connectivity index (χ3n) is 5.50. The second kappa shape index (κ2) is 23.0. The molecule has 0 N–H and O–H groups in total. The molecule has 0 amide bonds. The topological polar surface area (TPSA) is 100 Å². The molecule has 0 fully saturated rings. The summed E-state index contributed by atoms with van der Waals surface area (Å²) < 4.78 is 51.9. The fourth-order valence-electron chi connectivity index (χ4n) is 3.69. The molecule has 1 aromatic carbocycles. The Kier molecular flexibility index (Phi) is 20.8. The normalized spacial score (nSPS) is 14.8. The average Bonchev–Trinajstić information content (AvgIpc) is 2.92. The molecule has 0 saturated heterocycles. The largest absolute Gasteiger partial charge is 0.491 e. The lowest BCUT2D eigenvalue weighted by atomic mass is 10.0. The van der Waals surface area contributed by atoms with E-state index in [4.69, 9.17) is 37.9 Å². The van der Waals surface area contributed by atoms with E-state index in [-0.39, 0.29) is 44.4 Å². The minimum Gasteiger partial charge on any atom is -0.491 e. The lowest BCUT2D eigenvalue weighted by molar-refractivity contribution is -0.188. The van der Waals surface area contributed by atoms with E-state index in [1.807, 2.05) is 65.0 Å². The third kappa shape index (κ3) is 17.5. The second-order valence-corrected chi connectivity index (χ2v) is 9.35. The van der Waals surface area contributed by atoms with E-state index >= 15 is 0 Å². The van der Waals surface area contributed by atoms with Crippen molar-refractivity contribution in [2.45, 2.75) is 84.6 Å². The van der Waals surface area contributed by atoms with Crippen LogP contribution >= 0.6 is 0 Å². The predicted octanol–water partition coefficient (Wildman–Crippen LogP) is 4.03. The number of rotatable bonds is 26. The fraction of sp³-hybridized carbons (Fsp3) is 0.759. The van der Waals surface area contributed by atoms with Gasteiger partial charge in [0, 0.05) is 0 Å². The van der Waals surface area contributed by atoms with Crippen LogP contribution < -0.4 is 4.74 Å². The van der Waals surface area contributed by atoms with Crippen molar-refractivity contribution in [3.63, 3.8) is 0 Å².